The molecule has 5 fully saturated rings. The summed E-state index contributed by atoms with van der Waals surface area (Å²) in [5.74, 6) is 8.43. The summed E-state index contributed by atoms with van der Waals surface area (Å²) in [4.78, 5) is 0. The Kier molecular flexibility index (Phi) is 1.64. The van der Waals surface area contributed by atoms with Gasteiger partial charge in [-0.15, -0.1) is 0 Å². The van der Waals surface area contributed by atoms with E-state index in [1.54, 1.807) is 6.42 Å². The maximum Gasteiger partial charge on any atom is 0.0875 e. The van der Waals surface area contributed by atoms with Gasteiger partial charge in [0.1, 0.15) is 0 Å². The Morgan fingerprint density at radius 1 is 0.938 bits per heavy atom. The van der Waals surface area contributed by atoms with Crippen molar-refractivity contribution in [2.24, 2.45) is 41.4 Å². The zero-order valence-electron chi connectivity index (χ0n) is 9.59. The van der Waals surface area contributed by atoms with E-state index < -0.39 is 0 Å². The summed E-state index contributed by atoms with van der Waals surface area (Å²) in [6, 6.07) is 0. The van der Waals surface area contributed by atoms with Crippen molar-refractivity contribution in [1.29, 1.82) is 0 Å². The molecule has 4 aliphatic carbocycles. The lowest BCUT2D eigenvalue weighted by atomic mass is 9.67. The molecule has 16 heavy (non-hydrogen) atoms. The third kappa shape index (κ3) is 0.892. The van der Waals surface area contributed by atoms with Gasteiger partial charge in [-0.05, 0) is 72.9 Å². The third-order valence-electron chi connectivity index (χ3n) is 6.71. The molecule has 9 unspecified atom stereocenters. The van der Waals surface area contributed by atoms with Gasteiger partial charge in [-0.3, -0.25) is 0 Å². The van der Waals surface area contributed by atoms with E-state index in [9.17, 15) is 0 Å². The Balaban J connectivity index is 1.48. The van der Waals surface area contributed by atoms with Gasteiger partial charge in [0.05, 0.1) is 12.2 Å². The van der Waals surface area contributed by atoms with E-state index in [1.165, 1.54) is 19.3 Å². The van der Waals surface area contributed by atoms with Gasteiger partial charge in [0.25, 0.3) is 0 Å². The summed E-state index contributed by atoms with van der Waals surface area (Å²) in [6.45, 7) is 0. The Morgan fingerprint density at radius 2 is 1.75 bits per heavy atom. The Hall–Kier alpha value is 0.310. The molecule has 0 radical (unpaired) electrons. The highest BCUT2D eigenvalue weighted by atomic mass is 32.1. The zero-order valence-corrected chi connectivity index (χ0v) is 10.5. The Labute approximate surface area is 103 Å². The number of rotatable bonds is 2. The molecule has 0 aromatic rings. The largest absolute Gasteiger partial charge is 0.369 e. The van der Waals surface area contributed by atoms with Crippen LogP contribution in [-0.4, -0.2) is 18.0 Å². The monoisotopic (exact) mass is 236 g/mol. The van der Waals surface area contributed by atoms with Gasteiger partial charge in [-0.25, -0.2) is 0 Å². The number of hydrogen-bond donors (Lipinski definition) is 1. The number of fused-ring (bicyclic) bond motifs is 12. The van der Waals surface area contributed by atoms with Crippen LogP contribution in [0, 0.1) is 41.4 Å². The highest BCUT2D eigenvalue weighted by Crippen LogP contribution is 2.73. The number of thiol groups is 1. The molecule has 5 aliphatic rings. The standard InChI is InChI=1S/C14H20OS/c16-2-1-6-3-7-4-8(6)12-10-5-9(11(7)12)13-14(10)15-13/h6-14,16H,1-5H2. The molecule has 0 aromatic carbocycles. The van der Waals surface area contributed by atoms with Crippen LogP contribution in [0.3, 0.4) is 0 Å². The fourth-order valence-corrected chi connectivity index (χ4v) is 6.81. The first-order chi connectivity index (χ1) is 7.88. The SMILES string of the molecule is SCCC1CC2CC1C1C3CC(C4OC34)C21. The molecular formula is C14H20OS. The smallest absolute Gasteiger partial charge is 0.0875 e. The van der Waals surface area contributed by atoms with E-state index in [0.29, 0.717) is 0 Å². The number of hydrogen-bond acceptors (Lipinski definition) is 2. The predicted octanol–water partition coefficient (Wildman–Crippen LogP) is 2.61. The van der Waals surface area contributed by atoms with Gasteiger partial charge in [-0.2, -0.15) is 12.6 Å². The molecule has 5 rings (SSSR count). The van der Waals surface area contributed by atoms with Gasteiger partial charge in [0.15, 0.2) is 0 Å². The number of epoxide rings is 1. The van der Waals surface area contributed by atoms with Crippen LogP contribution in [0.25, 0.3) is 0 Å². The van der Waals surface area contributed by atoms with Crippen LogP contribution in [0.5, 0.6) is 0 Å². The number of ether oxygens (including phenoxy) is 1. The van der Waals surface area contributed by atoms with Crippen LogP contribution in [0.4, 0.5) is 0 Å². The summed E-state index contributed by atoms with van der Waals surface area (Å²) >= 11 is 4.44. The van der Waals surface area contributed by atoms with Crippen LogP contribution < -0.4 is 0 Å². The Bertz CT molecular complexity index is 342. The second kappa shape index (κ2) is 2.83. The Morgan fingerprint density at radius 3 is 2.56 bits per heavy atom. The lowest BCUT2D eigenvalue weighted by Gasteiger charge is -2.37. The molecule has 2 heteroatoms. The average Bonchev–Trinajstić information content (AvgIpc) is 2.67. The van der Waals surface area contributed by atoms with Crippen LogP contribution in [-0.2, 0) is 4.74 Å². The van der Waals surface area contributed by atoms with E-state index in [2.05, 4.69) is 12.6 Å². The molecule has 0 spiro atoms. The van der Waals surface area contributed by atoms with Crippen molar-refractivity contribution in [3.05, 3.63) is 0 Å². The molecule has 0 aromatic heterocycles. The first-order valence-corrected chi connectivity index (χ1v) is 7.78. The highest BCUT2D eigenvalue weighted by molar-refractivity contribution is 7.80. The molecule has 4 bridgehead atoms. The molecule has 1 aliphatic heterocycles. The van der Waals surface area contributed by atoms with E-state index >= 15 is 0 Å². The minimum Gasteiger partial charge on any atom is -0.369 e. The van der Waals surface area contributed by atoms with Crippen LogP contribution in [0.2, 0.25) is 0 Å². The fourth-order valence-electron chi connectivity index (χ4n) is 6.48. The topological polar surface area (TPSA) is 12.5 Å². The van der Waals surface area contributed by atoms with Gasteiger partial charge in [0.2, 0.25) is 0 Å². The fraction of sp³-hybridized carbons (Fsp3) is 1.00. The van der Waals surface area contributed by atoms with Crippen molar-refractivity contribution >= 4 is 12.6 Å². The van der Waals surface area contributed by atoms with E-state index in [0.717, 1.165) is 59.4 Å². The van der Waals surface area contributed by atoms with Crippen LogP contribution >= 0.6 is 12.6 Å². The van der Waals surface area contributed by atoms with Gasteiger partial charge >= 0.3 is 0 Å². The summed E-state index contributed by atoms with van der Waals surface area (Å²) in [5, 5.41) is 0. The lowest BCUT2D eigenvalue weighted by Crippen LogP contribution is -2.35. The third-order valence-corrected chi connectivity index (χ3v) is 6.97. The summed E-state index contributed by atoms with van der Waals surface area (Å²) < 4.78 is 5.88. The maximum absolute atomic E-state index is 5.88. The van der Waals surface area contributed by atoms with Gasteiger partial charge in [0, 0.05) is 0 Å². The van der Waals surface area contributed by atoms with E-state index in [-0.39, 0.29) is 0 Å². The van der Waals surface area contributed by atoms with Crippen molar-refractivity contribution in [3.63, 3.8) is 0 Å². The van der Waals surface area contributed by atoms with Crippen molar-refractivity contribution in [1.82, 2.24) is 0 Å². The van der Waals surface area contributed by atoms with Gasteiger partial charge < -0.3 is 4.74 Å². The predicted molar refractivity (Wildman–Crippen MR) is 65.4 cm³/mol. The maximum atomic E-state index is 5.88. The minimum absolute atomic E-state index is 0.724. The summed E-state index contributed by atoms with van der Waals surface area (Å²) in [6.07, 6.45) is 7.47. The second-order valence-electron chi connectivity index (χ2n) is 6.95. The molecule has 4 saturated carbocycles. The minimum atomic E-state index is 0.724. The average molecular weight is 236 g/mol. The molecule has 9 atom stereocenters. The summed E-state index contributed by atoms with van der Waals surface area (Å²) in [7, 11) is 0. The highest BCUT2D eigenvalue weighted by Gasteiger charge is 2.73. The van der Waals surface area contributed by atoms with E-state index in [4.69, 9.17) is 4.74 Å². The molecule has 1 heterocycles. The normalized spacial score (nSPS) is 68.4. The first-order valence-electron chi connectivity index (χ1n) is 7.15. The quantitative estimate of drug-likeness (QED) is 0.442. The lowest BCUT2D eigenvalue weighted by molar-refractivity contribution is 0.118. The van der Waals surface area contributed by atoms with Crippen molar-refractivity contribution < 1.29 is 4.74 Å². The molecule has 0 amide bonds. The van der Waals surface area contributed by atoms with Crippen molar-refractivity contribution in [2.75, 3.05) is 5.75 Å². The first kappa shape index (κ1) is 9.27. The zero-order chi connectivity index (χ0) is 10.4. The van der Waals surface area contributed by atoms with Crippen molar-refractivity contribution in [3.8, 4) is 0 Å². The van der Waals surface area contributed by atoms with Crippen molar-refractivity contribution in [2.45, 2.75) is 37.9 Å². The second-order valence-corrected chi connectivity index (χ2v) is 7.40. The van der Waals surface area contributed by atoms with Crippen LogP contribution in [0.1, 0.15) is 25.7 Å². The van der Waals surface area contributed by atoms with Gasteiger partial charge in [-0.1, -0.05) is 0 Å². The van der Waals surface area contributed by atoms with E-state index in [1.807, 2.05) is 0 Å². The molecule has 1 saturated heterocycles. The van der Waals surface area contributed by atoms with Crippen LogP contribution in [0.15, 0.2) is 0 Å². The molecule has 1 nitrogen and oxygen atoms in total. The summed E-state index contributed by atoms with van der Waals surface area (Å²) in [5.41, 5.74) is 0. The molecule has 0 N–H and O–H groups in total. The molecular weight excluding hydrogens is 216 g/mol. The molecule has 88 valence electrons.